The number of hydrogen-bond donors (Lipinski definition) is 3. The monoisotopic (exact) mass is 441 g/mol. The maximum Gasteiger partial charge on any atom is 0.408 e. The highest BCUT2D eigenvalue weighted by Crippen LogP contribution is 2.14. The summed E-state index contributed by atoms with van der Waals surface area (Å²) < 4.78 is 10.5. The van der Waals surface area contributed by atoms with Gasteiger partial charge >= 0.3 is 6.09 Å². The van der Waals surface area contributed by atoms with Crippen molar-refractivity contribution in [2.45, 2.75) is 46.3 Å². The summed E-state index contributed by atoms with van der Waals surface area (Å²) in [6.07, 6.45) is -0.382. The summed E-state index contributed by atoms with van der Waals surface area (Å²) in [4.78, 5) is 35.7. The number of nitrogens with one attached hydrogen (secondary N) is 3. The first-order valence-electron chi connectivity index (χ1n) is 10.5. The molecule has 0 aliphatic rings. The molecule has 3 N–H and O–H groups in total. The van der Waals surface area contributed by atoms with E-state index >= 15 is 0 Å². The molecule has 32 heavy (non-hydrogen) atoms. The third-order valence-corrected chi connectivity index (χ3v) is 4.12. The number of carbonyl (C=O) groups is 3. The zero-order valence-corrected chi connectivity index (χ0v) is 19.0. The number of alkyl carbamates (subject to hydrolysis) is 1. The van der Waals surface area contributed by atoms with Gasteiger partial charge in [0, 0.05) is 12.2 Å². The van der Waals surface area contributed by atoms with E-state index in [0.717, 1.165) is 16.9 Å². The topological polar surface area (TPSA) is 106 Å². The largest absolute Gasteiger partial charge is 0.494 e. The number of carbonyl (C=O) groups excluding carboxylic acids is 3. The van der Waals surface area contributed by atoms with Crippen molar-refractivity contribution >= 4 is 23.6 Å². The maximum absolute atomic E-state index is 12.3. The average molecular weight is 442 g/mol. The van der Waals surface area contributed by atoms with Gasteiger partial charge in [0.15, 0.2) is 0 Å². The molecule has 0 fully saturated rings. The minimum atomic E-state index is -0.641. The molecule has 0 bridgehead atoms. The maximum atomic E-state index is 12.3. The molecule has 0 heterocycles. The van der Waals surface area contributed by atoms with E-state index in [1.807, 2.05) is 43.3 Å². The Bertz CT molecular complexity index is 903. The van der Waals surface area contributed by atoms with Crippen LogP contribution in [0.4, 0.5) is 10.5 Å². The lowest BCUT2D eigenvalue weighted by atomic mass is 10.1. The molecule has 0 saturated heterocycles. The Morgan fingerprint density at radius 2 is 1.47 bits per heavy atom. The van der Waals surface area contributed by atoms with Crippen LogP contribution in [0, 0.1) is 0 Å². The summed E-state index contributed by atoms with van der Waals surface area (Å²) in [5, 5.41) is 7.98. The quantitative estimate of drug-likeness (QED) is 0.553. The van der Waals surface area contributed by atoms with Crippen LogP contribution in [0.1, 0.15) is 38.8 Å². The molecule has 0 atom stereocenters. The summed E-state index contributed by atoms with van der Waals surface area (Å²) in [5.41, 5.74) is 1.80. The van der Waals surface area contributed by atoms with E-state index in [0.29, 0.717) is 18.8 Å². The predicted octanol–water partition coefficient (Wildman–Crippen LogP) is 3.41. The molecule has 0 aromatic heterocycles. The third-order valence-electron chi connectivity index (χ3n) is 4.12. The van der Waals surface area contributed by atoms with Crippen LogP contribution in [0.15, 0.2) is 48.5 Å². The number of ether oxygens (including phenoxy) is 2. The van der Waals surface area contributed by atoms with Gasteiger partial charge in [-0.2, -0.15) is 0 Å². The molecule has 2 rings (SSSR count). The molecule has 0 radical (unpaired) electrons. The Morgan fingerprint density at radius 3 is 2.06 bits per heavy atom. The Hall–Kier alpha value is -3.55. The molecule has 0 spiro atoms. The number of anilines is 1. The van der Waals surface area contributed by atoms with E-state index in [-0.39, 0.29) is 24.8 Å². The van der Waals surface area contributed by atoms with Gasteiger partial charge in [-0.15, -0.1) is 0 Å². The number of amides is 3. The van der Waals surface area contributed by atoms with Crippen molar-refractivity contribution in [3.63, 3.8) is 0 Å². The zero-order valence-electron chi connectivity index (χ0n) is 19.0. The number of benzene rings is 2. The molecule has 0 aliphatic carbocycles. The molecular weight excluding hydrogens is 410 g/mol. The van der Waals surface area contributed by atoms with Crippen molar-refractivity contribution < 1.29 is 23.9 Å². The number of hydrogen-bond acceptors (Lipinski definition) is 5. The lowest BCUT2D eigenvalue weighted by Crippen LogP contribution is -2.39. The van der Waals surface area contributed by atoms with Gasteiger partial charge in [0.25, 0.3) is 0 Å². The highest BCUT2D eigenvalue weighted by molar-refractivity contribution is 5.92. The molecule has 3 amide bonds. The summed E-state index contributed by atoms with van der Waals surface area (Å²) in [6, 6.07) is 14.6. The van der Waals surface area contributed by atoms with Crippen LogP contribution in [0.2, 0.25) is 0 Å². The predicted molar refractivity (Wildman–Crippen MR) is 122 cm³/mol. The zero-order chi connectivity index (χ0) is 23.6. The van der Waals surface area contributed by atoms with Gasteiger partial charge in [-0.25, -0.2) is 4.79 Å². The molecule has 2 aromatic carbocycles. The van der Waals surface area contributed by atoms with E-state index in [9.17, 15) is 14.4 Å². The fourth-order valence-electron chi connectivity index (χ4n) is 2.70. The Morgan fingerprint density at radius 1 is 0.844 bits per heavy atom. The second kappa shape index (κ2) is 11.7. The average Bonchev–Trinajstić information content (AvgIpc) is 2.72. The molecule has 0 saturated carbocycles. The minimum absolute atomic E-state index is 0.122. The summed E-state index contributed by atoms with van der Waals surface area (Å²) in [5.74, 6) is 0.326. The van der Waals surface area contributed by atoms with Crippen molar-refractivity contribution in [1.82, 2.24) is 10.6 Å². The summed E-state index contributed by atoms with van der Waals surface area (Å²) in [6.45, 7) is 7.90. The van der Waals surface area contributed by atoms with Gasteiger partial charge < -0.3 is 25.4 Å². The number of rotatable bonds is 9. The minimum Gasteiger partial charge on any atom is -0.494 e. The van der Waals surface area contributed by atoms with Crippen LogP contribution in [0.25, 0.3) is 0 Å². The smallest absolute Gasteiger partial charge is 0.408 e. The van der Waals surface area contributed by atoms with Gasteiger partial charge in [-0.1, -0.05) is 24.3 Å². The standard InChI is InChI=1S/C24H31N3O5/c1-5-31-20-12-8-17(9-13-20)14-21(28)27-19-10-6-18(7-11-19)15-25-22(29)16-26-23(30)32-24(2,3)4/h6-13H,5,14-16H2,1-4H3,(H,25,29)(H,26,30)(H,27,28). The SMILES string of the molecule is CCOc1ccc(CC(=O)Nc2ccc(CNC(=O)CNC(=O)OC(C)(C)C)cc2)cc1. The lowest BCUT2D eigenvalue weighted by molar-refractivity contribution is -0.120. The first-order valence-corrected chi connectivity index (χ1v) is 10.5. The van der Waals surface area contributed by atoms with Crippen LogP contribution < -0.4 is 20.7 Å². The third kappa shape index (κ3) is 9.51. The van der Waals surface area contributed by atoms with Gasteiger partial charge in [0.1, 0.15) is 17.9 Å². The van der Waals surface area contributed by atoms with Crippen molar-refractivity contribution in [3.05, 3.63) is 59.7 Å². The van der Waals surface area contributed by atoms with E-state index in [1.54, 1.807) is 32.9 Å². The molecule has 8 heteroatoms. The van der Waals surface area contributed by atoms with Crippen LogP contribution in [0.5, 0.6) is 5.75 Å². The van der Waals surface area contributed by atoms with Crippen LogP contribution in [-0.2, 0) is 27.3 Å². The van der Waals surface area contributed by atoms with Gasteiger partial charge in [0.05, 0.1) is 13.0 Å². The first kappa shape index (κ1) is 24.7. The van der Waals surface area contributed by atoms with Crippen LogP contribution >= 0.6 is 0 Å². The first-order chi connectivity index (χ1) is 15.1. The molecule has 0 unspecified atom stereocenters. The lowest BCUT2D eigenvalue weighted by Gasteiger charge is -2.19. The Labute approximate surface area is 188 Å². The van der Waals surface area contributed by atoms with E-state index in [4.69, 9.17) is 9.47 Å². The van der Waals surface area contributed by atoms with Crippen LogP contribution in [0.3, 0.4) is 0 Å². The van der Waals surface area contributed by atoms with Crippen LogP contribution in [-0.4, -0.2) is 36.7 Å². The Balaban J connectivity index is 1.73. The summed E-state index contributed by atoms with van der Waals surface area (Å²) >= 11 is 0. The molecule has 0 aliphatic heterocycles. The van der Waals surface area contributed by atoms with Gasteiger partial charge in [-0.3, -0.25) is 9.59 Å². The second-order valence-electron chi connectivity index (χ2n) is 8.13. The highest BCUT2D eigenvalue weighted by Gasteiger charge is 2.16. The Kier molecular flexibility index (Phi) is 9.07. The van der Waals surface area contributed by atoms with Crippen molar-refractivity contribution in [3.8, 4) is 5.75 Å². The van der Waals surface area contributed by atoms with E-state index < -0.39 is 11.7 Å². The van der Waals surface area contributed by atoms with E-state index in [2.05, 4.69) is 16.0 Å². The normalized spacial score (nSPS) is 10.8. The fraction of sp³-hybridized carbons (Fsp3) is 0.375. The highest BCUT2D eigenvalue weighted by atomic mass is 16.6. The van der Waals surface area contributed by atoms with Gasteiger partial charge in [-0.05, 0) is 63.1 Å². The molecule has 172 valence electrons. The molecular formula is C24H31N3O5. The van der Waals surface area contributed by atoms with Crippen molar-refractivity contribution in [1.29, 1.82) is 0 Å². The summed E-state index contributed by atoms with van der Waals surface area (Å²) in [7, 11) is 0. The second-order valence-corrected chi connectivity index (χ2v) is 8.13. The van der Waals surface area contributed by atoms with Crippen molar-refractivity contribution in [2.75, 3.05) is 18.5 Å². The van der Waals surface area contributed by atoms with Gasteiger partial charge in [0.2, 0.25) is 11.8 Å². The van der Waals surface area contributed by atoms with E-state index in [1.165, 1.54) is 0 Å². The molecule has 8 nitrogen and oxygen atoms in total. The van der Waals surface area contributed by atoms with Crippen molar-refractivity contribution in [2.24, 2.45) is 0 Å². The fourth-order valence-corrected chi connectivity index (χ4v) is 2.70. The molecule has 2 aromatic rings.